The summed E-state index contributed by atoms with van der Waals surface area (Å²) >= 11 is 8.91. The second-order valence-corrected chi connectivity index (χ2v) is 33.3. The molecule has 5 fully saturated rings. The number of unbranched alkanes of at least 4 members (excludes halogenated alkanes) is 36. The van der Waals surface area contributed by atoms with Gasteiger partial charge in [-0.15, -0.1) is 47.0 Å². The van der Waals surface area contributed by atoms with Crippen LogP contribution in [0.25, 0.3) is 0 Å². The van der Waals surface area contributed by atoms with Gasteiger partial charge in [0.1, 0.15) is 0 Å². The molecule has 0 spiro atoms. The van der Waals surface area contributed by atoms with Crippen molar-refractivity contribution >= 4 is 47.0 Å². The molecule has 480 valence electrons. The van der Waals surface area contributed by atoms with E-state index in [1.807, 2.05) is 0 Å². The zero-order chi connectivity index (χ0) is 58.0. The van der Waals surface area contributed by atoms with E-state index in [-0.39, 0.29) is 49.3 Å². The minimum atomic E-state index is 0.217. The van der Waals surface area contributed by atoms with Gasteiger partial charge in [0.2, 0.25) is 0 Å². The molecule has 0 aromatic carbocycles. The summed E-state index contributed by atoms with van der Waals surface area (Å²) in [5, 5.41) is 36.9. The third kappa shape index (κ3) is 21.0. The molecule has 0 saturated carbocycles. The van der Waals surface area contributed by atoms with E-state index in [9.17, 15) is 0 Å². The van der Waals surface area contributed by atoms with E-state index in [4.69, 9.17) is 0 Å². The Morgan fingerprint density at radius 1 is 0.214 bits per heavy atom. The van der Waals surface area contributed by atoms with Gasteiger partial charge in [-0.25, -0.2) is 0 Å². The Labute approximate surface area is 534 Å². The maximum Gasteiger partial charge on any atom is 0.0728 e. The van der Waals surface area contributed by atoms with Gasteiger partial charge in [-0.2, -0.15) is 0 Å². The predicted molar refractivity (Wildman–Crippen MR) is 373 cm³/mol. The van der Waals surface area contributed by atoms with Crippen LogP contribution in [-0.4, -0.2) is 70.3 Å². The largest absolute Gasteiger partial charge is 0.285 e. The van der Waals surface area contributed by atoms with Gasteiger partial charge in [-0.1, -0.05) is 283 Å². The van der Waals surface area contributed by atoms with Crippen LogP contribution in [0, 0.1) is 23.7 Å². The molecule has 8 N–H and O–H groups in total. The van der Waals surface area contributed by atoms with E-state index in [0.29, 0.717) is 44.7 Å². The Balaban J connectivity index is 0.882. The number of hydrogen-bond acceptors (Lipinski definition) is 12. The lowest BCUT2D eigenvalue weighted by Gasteiger charge is -2.30. The first-order valence-corrected chi connectivity index (χ1v) is 40.6. The minimum absolute atomic E-state index is 0.217. The molecule has 0 aliphatic carbocycles. The average Bonchev–Trinajstić information content (AvgIpc) is 2.96. The quantitative estimate of drug-likeness (QED) is 0.0279. The summed E-state index contributed by atoms with van der Waals surface area (Å²) in [6.07, 6.45) is 73.8. The van der Waals surface area contributed by atoms with Crippen LogP contribution < -0.4 is 42.5 Å². The molecule has 0 radical (unpaired) electrons. The molecule has 12 heteroatoms. The van der Waals surface area contributed by atoms with Crippen molar-refractivity contribution in [3.63, 3.8) is 0 Å². The van der Waals surface area contributed by atoms with Crippen molar-refractivity contribution < 1.29 is 0 Å². The first-order chi connectivity index (χ1) is 41.5. The molecule has 0 amide bonds. The van der Waals surface area contributed by atoms with Crippen LogP contribution in [0.3, 0.4) is 0 Å². The van der Waals surface area contributed by atoms with Crippen molar-refractivity contribution in [3.8, 4) is 0 Å². The SMILES string of the molecule is CCCCCCCCCCCCC1=CC2C3NC(NC4NC(NC5NC(NC6NC(N3)C3SC(CCCCCCCCCCCC)=CC63)C3SC(CCCCCCCCCCCC)=CC53)C3SC(CCCCCCCCCCCC)=CC43)C2S1. The fourth-order valence-corrected chi connectivity index (χ4v) is 22.1. The Bertz CT molecular complexity index is 1690. The van der Waals surface area contributed by atoms with Crippen LogP contribution in [0.4, 0.5) is 0 Å². The average molecular weight is 1230 g/mol. The maximum atomic E-state index is 4.42. The zero-order valence-electron chi connectivity index (χ0n) is 54.3. The van der Waals surface area contributed by atoms with Crippen LogP contribution in [0.15, 0.2) is 43.9 Å². The van der Waals surface area contributed by atoms with Crippen LogP contribution in [0.1, 0.15) is 310 Å². The third-order valence-corrected chi connectivity index (χ3v) is 27.0. The van der Waals surface area contributed by atoms with Gasteiger partial charge in [0.15, 0.2) is 0 Å². The van der Waals surface area contributed by atoms with Crippen molar-refractivity contribution in [2.45, 2.75) is 381 Å². The van der Waals surface area contributed by atoms with Gasteiger partial charge in [-0.3, -0.25) is 42.5 Å². The Kier molecular flexibility index (Phi) is 31.6. The molecule has 0 aromatic rings. The first kappa shape index (κ1) is 68.4. The van der Waals surface area contributed by atoms with Gasteiger partial charge < -0.3 is 0 Å². The number of nitrogens with one attached hydrogen (secondary N) is 8. The lowest BCUT2D eigenvalue weighted by Crippen LogP contribution is -2.62. The Morgan fingerprint density at radius 2 is 0.369 bits per heavy atom. The van der Waals surface area contributed by atoms with Gasteiger partial charge >= 0.3 is 0 Å². The maximum absolute atomic E-state index is 4.42. The number of thioether (sulfide) groups is 4. The second-order valence-electron chi connectivity index (χ2n) is 28.1. The Hall–Kier alpha value is 0.0400. The van der Waals surface area contributed by atoms with E-state index in [0.717, 1.165) is 0 Å². The van der Waals surface area contributed by atoms with E-state index < -0.39 is 0 Å². The van der Waals surface area contributed by atoms with E-state index in [1.165, 1.54) is 283 Å². The molecule has 8 nitrogen and oxygen atoms in total. The predicted octanol–water partition coefficient (Wildman–Crippen LogP) is 19.1. The monoisotopic (exact) mass is 1230 g/mol. The van der Waals surface area contributed by atoms with Gasteiger partial charge in [0, 0.05) is 44.7 Å². The van der Waals surface area contributed by atoms with Crippen LogP contribution in [0.2, 0.25) is 0 Å². The highest BCUT2D eigenvalue weighted by atomic mass is 32.2. The topological polar surface area (TPSA) is 96.2 Å². The Morgan fingerprint density at radius 3 is 0.536 bits per heavy atom. The van der Waals surface area contributed by atoms with Crippen molar-refractivity contribution in [1.82, 2.24) is 42.5 Å². The van der Waals surface area contributed by atoms with Gasteiger partial charge in [-0.05, 0) is 71.0 Å². The van der Waals surface area contributed by atoms with Crippen molar-refractivity contribution in [1.29, 1.82) is 0 Å². The fourth-order valence-electron chi connectivity index (χ4n) is 16.0. The van der Waals surface area contributed by atoms with Crippen LogP contribution in [-0.2, 0) is 0 Å². The normalized spacial score (nSPS) is 32.9. The fraction of sp³-hybridized carbons (Fsp3) is 0.889. The molecule has 8 bridgehead atoms. The second kappa shape index (κ2) is 38.8. The first-order valence-electron chi connectivity index (χ1n) is 37.1. The molecule has 8 unspecified atom stereocenters. The summed E-state index contributed by atoms with van der Waals surface area (Å²) in [5.41, 5.74) is 0. The zero-order valence-corrected chi connectivity index (χ0v) is 57.6. The molecule has 5 saturated heterocycles. The summed E-state index contributed by atoms with van der Waals surface area (Å²) in [6.45, 7) is 9.32. The highest BCUT2D eigenvalue weighted by molar-refractivity contribution is 8.04. The van der Waals surface area contributed by atoms with E-state index in [1.54, 1.807) is 19.6 Å². The number of allylic oxidation sites excluding steroid dienone is 4. The molecule has 9 heterocycles. The summed E-state index contributed by atoms with van der Waals surface area (Å²) in [4.78, 5) is 6.63. The lowest BCUT2D eigenvalue weighted by molar-refractivity contribution is 0.282. The summed E-state index contributed by atoms with van der Waals surface area (Å²) in [7, 11) is 0. The standard InChI is InChI=1S/C72H128N8S4/c1-5-9-13-17-21-25-29-33-37-41-45-53-49-57-61(81-53)69-73-65(57)77-70-62-59(51-55(82-62)47-43-39-35-31-27-23-19-15-11-7-3)67(75-70)79-72-64-60(52-56(84-64)48-44-40-36-32-28-24-20-16-12-8-4)68(76-72)80-71-63-58(66(74-71)78-69)50-54(83-63)46-42-38-34-30-26-22-18-14-10-6-2/h49-52,57-80H,5-48H2,1-4H3. The molecule has 0 aromatic heterocycles. The lowest BCUT2D eigenvalue weighted by atomic mass is 9.99. The summed E-state index contributed by atoms with van der Waals surface area (Å²) in [5.74, 6) is 1.83. The van der Waals surface area contributed by atoms with Crippen molar-refractivity contribution in [2.24, 2.45) is 23.7 Å². The molecular formula is C72H128N8S4. The molecule has 9 aliphatic rings. The van der Waals surface area contributed by atoms with Gasteiger partial charge in [0.05, 0.1) is 49.3 Å². The molecule has 84 heavy (non-hydrogen) atoms. The molecule has 9 rings (SSSR count). The van der Waals surface area contributed by atoms with E-state index in [2.05, 4.69) is 142 Å². The number of hydrogen-bond donors (Lipinski definition) is 8. The van der Waals surface area contributed by atoms with Crippen LogP contribution in [0.5, 0.6) is 0 Å². The molecule has 8 atom stereocenters. The summed E-state index contributed by atoms with van der Waals surface area (Å²) < 4.78 is 0. The number of rotatable bonds is 44. The number of fused-ring (bicyclic) bond motifs is 20. The highest BCUT2D eigenvalue weighted by Crippen LogP contribution is 2.51. The third-order valence-electron chi connectivity index (χ3n) is 21.0. The summed E-state index contributed by atoms with van der Waals surface area (Å²) in [6, 6.07) is 0. The van der Waals surface area contributed by atoms with Crippen molar-refractivity contribution in [3.05, 3.63) is 43.9 Å². The molecule has 9 aliphatic heterocycles. The van der Waals surface area contributed by atoms with Gasteiger partial charge in [0.25, 0.3) is 0 Å². The minimum Gasteiger partial charge on any atom is -0.285 e. The molecular weight excluding hydrogens is 1110 g/mol. The van der Waals surface area contributed by atoms with E-state index >= 15 is 0 Å². The highest BCUT2D eigenvalue weighted by Gasteiger charge is 2.56. The van der Waals surface area contributed by atoms with Crippen molar-refractivity contribution in [2.75, 3.05) is 0 Å². The smallest absolute Gasteiger partial charge is 0.0728 e. The van der Waals surface area contributed by atoms with Crippen LogP contribution >= 0.6 is 47.0 Å².